The Bertz CT molecular complexity index is 985. The quantitative estimate of drug-likeness (QED) is 0.677. The summed E-state index contributed by atoms with van der Waals surface area (Å²) in [6.07, 6.45) is 7.13. The first-order valence-corrected chi connectivity index (χ1v) is 9.31. The molecule has 144 valence electrons. The number of rotatable bonds is 5. The minimum Gasteiger partial charge on any atom is -0.497 e. The van der Waals surface area contributed by atoms with Crippen LogP contribution in [0.25, 0.3) is 0 Å². The lowest BCUT2D eigenvalue weighted by Crippen LogP contribution is -2.31. The second-order valence-electron chi connectivity index (χ2n) is 6.87. The smallest absolute Gasteiger partial charge is 0.257 e. The number of amides is 1. The molecule has 1 aliphatic heterocycles. The molecule has 0 saturated carbocycles. The summed E-state index contributed by atoms with van der Waals surface area (Å²) in [5.74, 6) is 2.08. The van der Waals surface area contributed by atoms with Crippen molar-refractivity contribution in [2.45, 2.75) is 32.2 Å². The molecule has 1 aliphatic rings. The molecule has 1 aromatic carbocycles. The number of ether oxygens (including phenoxy) is 1. The first-order chi connectivity index (χ1) is 13.7. The number of likely N-dealkylation sites (tertiary alicyclic amines) is 1. The van der Waals surface area contributed by atoms with E-state index in [9.17, 15) is 4.79 Å². The summed E-state index contributed by atoms with van der Waals surface area (Å²) in [5.41, 5.74) is 2.28. The average molecular weight is 378 g/mol. The number of nitrogens with zero attached hydrogens (tertiary/aromatic N) is 4. The number of oxazole rings is 1. The van der Waals surface area contributed by atoms with Gasteiger partial charge in [-0.1, -0.05) is 12.1 Å². The van der Waals surface area contributed by atoms with Crippen LogP contribution in [-0.4, -0.2) is 39.4 Å². The van der Waals surface area contributed by atoms with E-state index in [0.717, 1.165) is 29.9 Å². The van der Waals surface area contributed by atoms with Gasteiger partial charge in [0.15, 0.2) is 0 Å². The zero-order valence-electron chi connectivity index (χ0n) is 16.0. The molecule has 28 heavy (non-hydrogen) atoms. The fourth-order valence-corrected chi connectivity index (χ4v) is 3.56. The number of carbonyl (C=O) groups excluding carboxylic acids is 1. The fraction of sp³-hybridized carbons (Fsp3) is 0.333. The molecular weight excluding hydrogens is 356 g/mol. The molecule has 7 nitrogen and oxygen atoms in total. The number of aryl methyl sites for hydroxylation is 1. The van der Waals surface area contributed by atoms with Gasteiger partial charge in [-0.25, -0.2) is 15.0 Å². The third kappa shape index (κ3) is 3.60. The van der Waals surface area contributed by atoms with Gasteiger partial charge in [-0.2, -0.15) is 0 Å². The molecule has 0 radical (unpaired) electrons. The largest absolute Gasteiger partial charge is 0.497 e. The highest BCUT2D eigenvalue weighted by Crippen LogP contribution is 2.33. The van der Waals surface area contributed by atoms with E-state index < -0.39 is 0 Å². The fourth-order valence-electron chi connectivity index (χ4n) is 3.56. The lowest BCUT2D eigenvalue weighted by atomic mass is 10.1. The van der Waals surface area contributed by atoms with Crippen LogP contribution in [0.4, 0.5) is 0 Å². The Morgan fingerprint density at radius 2 is 2.21 bits per heavy atom. The number of methoxy groups -OCH3 is 1. The van der Waals surface area contributed by atoms with Crippen molar-refractivity contribution in [1.29, 1.82) is 0 Å². The molecular formula is C21H22N4O3. The zero-order chi connectivity index (χ0) is 19.5. The standard InChI is InChI=1S/C21H22N4O3/c1-14-18(12-22-13-24-14)21(26)25-8-4-7-19(25)20-23-11-17(28-20)10-15-5-3-6-16(9-15)27-2/h3,5-6,9,11-13,19H,4,7-8,10H2,1-2H3/t19-/m0/s1. The minimum absolute atomic E-state index is 0.0758. The van der Waals surface area contributed by atoms with Crippen LogP contribution in [-0.2, 0) is 6.42 Å². The second-order valence-corrected chi connectivity index (χ2v) is 6.87. The summed E-state index contributed by atoms with van der Waals surface area (Å²) in [6, 6.07) is 7.70. The molecule has 0 bridgehead atoms. The van der Waals surface area contributed by atoms with Crippen LogP contribution < -0.4 is 4.74 Å². The molecule has 3 aromatic rings. The lowest BCUT2D eigenvalue weighted by molar-refractivity contribution is 0.0713. The van der Waals surface area contributed by atoms with Crippen LogP contribution in [0.1, 0.15) is 52.1 Å². The number of carbonyl (C=O) groups is 1. The van der Waals surface area contributed by atoms with Crippen molar-refractivity contribution in [3.8, 4) is 5.75 Å². The zero-order valence-corrected chi connectivity index (χ0v) is 16.0. The monoisotopic (exact) mass is 378 g/mol. The summed E-state index contributed by atoms with van der Waals surface area (Å²) in [7, 11) is 1.65. The highest BCUT2D eigenvalue weighted by molar-refractivity contribution is 5.95. The SMILES string of the molecule is COc1cccc(Cc2cnc([C@@H]3CCCN3C(=O)c3cncnc3C)o2)c1. The predicted octanol–water partition coefficient (Wildman–Crippen LogP) is 3.35. The third-order valence-corrected chi connectivity index (χ3v) is 5.02. The summed E-state index contributed by atoms with van der Waals surface area (Å²) in [6.45, 7) is 2.49. The van der Waals surface area contributed by atoms with Crippen LogP contribution in [0.15, 0.2) is 47.4 Å². The first-order valence-electron chi connectivity index (χ1n) is 9.31. The third-order valence-electron chi connectivity index (χ3n) is 5.02. The summed E-state index contributed by atoms with van der Waals surface area (Å²) < 4.78 is 11.3. The van der Waals surface area contributed by atoms with Gasteiger partial charge in [-0.3, -0.25) is 4.79 Å². The summed E-state index contributed by atoms with van der Waals surface area (Å²) >= 11 is 0. The number of benzene rings is 1. The van der Waals surface area contributed by atoms with Crippen molar-refractivity contribution in [2.75, 3.05) is 13.7 Å². The topological polar surface area (TPSA) is 81.4 Å². The van der Waals surface area contributed by atoms with E-state index >= 15 is 0 Å². The number of aromatic nitrogens is 3. The van der Waals surface area contributed by atoms with E-state index in [1.54, 1.807) is 19.5 Å². The average Bonchev–Trinajstić information content (AvgIpc) is 3.37. The molecule has 4 rings (SSSR count). The highest BCUT2D eigenvalue weighted by Gasteiger charge is 2.34. The lowest BCUT2D eigenvalue weighted by Gasteiger charge is -2.22. The van der Waals surface area contributed by atoms with Gasteiger partial charge in [0.1, 0.15) is 23.9 Å². The van der Waals surface area contributed by atoms with Crippen LogP contribution in [0.2, 0.25) is 0 Å². The highest BCUT2D eigenvalue weighted by atomic mass is 16.5. The van der Waals surface area contributed by atoms with Gasteiger partial charge in [-0.05, 0) is 37.5 Å². The van der Waals surface area contributed by atoms with Gasteiger partial charge in [0.2, 0.25) is 5.89 Å². The van der Waals surface area contributed by atoms with Gasteiger partial charge in [0, 0.05) is 19.2 Å². The molecule has 0 N–H and O–H groups in total. The molecule has 1 fully saturated rings. The van der Waals surface area contributed by atoms with Crippen LogP contribution in [0, 0.1) is 6.92 Å². The molecule has 2 aromatic heterocycles. The Labute approximate surface area is 163 Å². The number of hydrogen-bond donors (Lipinski definition) is 0. The minimum atomic E-state index is -0.161. The van der Waals surface area contributed by atoms with Crippen molar-refractivity contribution in [3.63, 3.8) is 0 Å². The van der Waals surface area contributed by atoms with E-state index in [0.29, 0.717) is 30.1 Å². The maximum Gasteiger partial charge on any atom is 0.257 e. The van der Waals surface area contributed by atoms with Gasteiger partial charge in [0.05, 0.1) is 24.6 Å². The first kappa shape index (κ1) is 18.2. The Balaban J connectivity index is 1.52. The van der Waals surface area contributed by atoms with Crippen LogP contribution >= 0.6 is 0 Å². The Morgan fingerprint density at radius 3 is 3.04 bits per heavy atom. The van der Waals surface area contributed by atoms with Crippen molar-refractivity contribution in [3.05, 3.63) is 71.5 Å². The van der Waals surface area contributed by atoms with Crippen LogP contribution in [0.5, 0.6) is 5.75 Å². The van der Waals surface area contributed by atoms with E-state index in [1.807, 2.05) is 36.1 Å². The van der Waals surface area contributed by atoms with E-state index in [2.05, 4.69) is 15.0 Å². The van der Waals surface area contributed by atoms with E-state index in [1.165, 1.54) is 6.33 Å². The Kier molecular flexibility index (Phi) is 5.06. The molecule has 7 heteroatoms. The molecule has 1 atom stereocenters. The molecule has 3 heterocycles. The Hall–Kier alpha value is -3.22. The van der Waals surface area contributed by atoms with Gasteiger partial charge in [0.25, 0.3) is 5.91 Å². The van der Waals surface area contributed by atoms with Crippen molar-refractivity contribution in [1.82, 2.24) is 19.9 Å². The summed E-state index contributed by atoms with van der Waals surface area (Å²) in [4.78, 5) is 27.4. The van der Waals surface area contributed by atoms with Gasteiger partial charge < -0.3 is 14.1 Å². The summed E-state index contributed by atoms with van der Waals surface area (Å²) in [5, 5.41) is 0. The molecule has 0 spiro atoms. The van der Waals surface area contributed by atoms with Crippen molar-refractivity contribution >= 4 is 5.91 Å². The normalized spacial score (nSPS) is 16.4. The van der Waals surface area contributed by atoms with Crippen molar-refractivity contribution in [2.24, 2.45) is 0 Å². The molecule has 0 unspecified atom stereocenters. The van der Waals surface area contributed by atoms with Crippen LogP contribution in [0.3, 0.4) is 0 Å². The predicted molar refractivity (Wildman–Crippen MR) is 102 cm³/mol. The van der Waals surface area contributed by atoms with Gasteiger partial charge >= 0.3 is 0 Å². The Morgan fingerprint density at radius 1 is 1.32 bits per heavy atom. The number of hydrogen-bond acceptors (Lipinski definition) is 6. The maximum absolute atomic E-state index is 13.0. The second kappa shape index (κ2) is 7.80. The molecule has 0 aliphatic carbocycles. The van der Waals surface area contributed by atoms with Crippen molar-refractivity contribution < 1.29 is 13.9 Å². The molecule has 1 amide bonds. The maximum atomic E-state index is 13.0. The van der Waals surface area contributed by atoms with E-state index in [4.69, 9.17) is 9.15 Å². The molecule has 1 saturated heterocycles. The van der Waals surface area contributed by atoms with E-state index in [-0.39, 0.29) is 11.9 Å². The van der Waals surface area contributed by atoms with Gasteiger partial charge in [-0.15, -0.1) is 0 Å².